The lowest BCUT2D eigenvalue weighted by molar-refractivity contribution is 0.235. The van der Waals surface area contributed by atoms with Crippen molar-refractivity contribution in [3.63, 3.8) is 0 Å². The molecule has 1 saturated carbocycles. The lowest BCUT2D eigenvalue weighted by atomic mass is 9.72. The number of hydrogen-bond acceptors (Lipinski definition) is 1. The molecule has 2 unspecified atom stereocenters. The van der Waals surface area contributed by atoms with Gasteiger partial charge < -0.3 is 5.32 Å². The SMILES string of the molecule is CCCCCCC1=CNC=C(C2CC[C@H](C)CC2C)C=C1. The first-order valence-electron chi connectivity index (χ1n) is 9.04. The predicted octanol–water partition coefficient (Wildman–Crippen LogP) is 5.96. The molecule has 0 saturated heterocycles. The Labute approximate surface area is 131 Å². The molecule has 2 aliphatic rings. The summed E-state index contributed by atoms with van der Waals surface area (Å²) in [4.78, 5) is 0. The molecule has 1 heteroatoms. The van der Waals surface area contributed by atoms with Gasteiger partial charge in [-0.2, -0.15) is 0 Å². The summed E-state index contributed by atoms with van der Waals surface area (Å²) in [5.41, 5.74) is 2.96. The van der Waals surface area contributed by atoms with E-state index in [2.05, 4.69) is 50.6 Å². The Morgan fingerprint density at radius 2 is 1.90 bits per heavy atom. The van der Waals surface area contributed by atoms with E-state index in [1.807, 2.05) is 0 Å². The van der Waals surface area contributed by atoms with Gasteiger partial charge in [0.1, 0.15) is 0 Å². The van der Waals surface area contributed by atoms with Crippen molar-refractivity contribution in [3.8, 4) is 0 Å². The minimum absolute atomic E-state index is 0.748. The average Bonchev–Trinajstić information content (AvgIpc) is 2.69. The van der Waals surface area contributed by atoms with E-state index in [0.29, 0.717) is 0 Å². The Morgan fingerprint density at radius 1 is 1.05 bits per heavy atom. The van der Waals surface area contributed by atoms with Crippen molar-refractivity contribution in [3.05, 3.63) is 35.7 Å². The van der Waals surface area contributed by atoms with Crippen LogP contribution in [0.4, 0.5) is 0 Å². The lowest BCUT2D eigenvalue weighted by Gasteiger charge is -2.33. The molecule has 118 valence electrons. The summed E-state index contributed by atoms with van der Waals surface area (Å²) in [7, 11) is 0. The van der Waals surface area contributed by atoms with Crippen LogP contribution in [0.5, 0.6) is 0 Å². The largest absolute Gasteiger partial charge is 0.367 e. The minimum Gasteiger partial charge on any atom is -0.367 e. The third kappa shape index (κ3) is 5.05. The highest BCUT2D eigenvalue weighted by molar-refractivity contribution is 5.33. The van der Waals surface area contributed by atoms with E-state index in [0.717, 1.165) is 17.8 Å². The minimum atomic E-state index is 0.748. The second kappa shape index (κ2) is 8.46. The molecule has 0 bridgehead atoms. The summed E-state index contributed by atoms with van der Waals surface area (Å²) in [6.45, 7) is 7.10. The van der Waals surface area contributed by atoms with Gasteiger partial charge in [0, 0.05) is 12.4 Å². The van der Waals surface area contributed by atoms with Crippen LogP contribution < -0.4 is 5.32 Å². The second-order valence-electron chi connectivity index (χ2n) is 7.18. The van der Waals surface area contributed by atoms with Crippen molar-refractivity contribution >= 4 is 0 Å². The van der Waals surface area contributed by atoms with Crippen molar-refractivity contribution in [2.75, 3.05) is 0 Å². The molecule has 1 heterocycles. The molecule has 1 aliphatic carbocycles. The van der Waals surface area contributed by atoms with Crippen molar-refractivity contribution < 1.29 is 0 Å². The fraction of sp³-hybridized carbons (Fsp3) is 0.700. The zero-order valence-electron chi connectivity index (χ0n) is 14.2. The van der Waals surface area contributed by atoms with E-state index >= 15 is 0 Å². The Balaban J connectivity index is 1.86. The number of nitrogens with one attached hydrogen (secondary N) is 1. The first kappa shape index (κ1) is 16.4. The van der Waals surface area contributed by atoms with E-state index < -0.39 is 0 Å². The van der Waals surface area contributed by atoms with Gasteiger partial charge in [-0.25, -0.2) is 0 Å². The van der Waals surface area contributed by atoms with Crippen molar-refractivity contribution in [2.45, 2.75) is 72.1 Å². The molecular weight excluding hydrogens is 254 g/mol. The smallest absolute Gasteiger partial charge is 0.00398 e. The molecule has 3 atom stereocenters. The van der Waals surface area contributed by atoms with Crippen LogP contribution in [0.2, 0.25) is 0 Å². The normalized spacial score (nSPS) is 29.4. The predicted molar refractivity (Wildman–Crippen MR) is 92.9 cm³/mol. The number of hydrogen-bond donors (Lipinski definition) is 1. The van der Waals surface area contributed by atoms with Crippen LogP contribution in [0, 0.1) is 17.8 Å². The van der Waals surface area contributed by atoms with Gasteiger partial charge in [0.25, 0.3) is 0 Å². The third-order valence-corrected chi connectivity index (χ3v) is 5.19. The third-order valence-electron chi connectivity index (χ3n) is 5.19. The molecule has 0 spiro atoms. The standard InChI is InChI=1S/C20H33N/c1-4-5-6-7-8-18-10-11-19(15-21-14-18)20-12-9-16(2)13-17(20)3/h10-11,14-17,20-21H,4-9,12-13H2,1-3H3/t16-,17?,20?/m0/s1. The van der Waals surface area contributed by atoms with Crippen molar-refractivity contribution in [1.82, 2.24) is 5.32 Å². The molecule has 2 rings (SSSR count). The molecule has 0 amide bonds. The fourth-order valence-electron chi connectivity index (χ4n) is 3.85. The van der Waals surface area contributed by atoms with Crippen molar-refractivity contribution in [1.29, 1.82) is 0 Å². The zero-order valence-corrected chi connectivity index (χ0v) is 14.2. The van der Waals surface area contributed by atoms with Gasteiger partial charge in [-0.1, -0.05) is 58.6 Å². The van der Waals surface area contributed by atoms with Crippen LogP contribution >= 0.6 is 0 Å². The molecule has 1 aliphatic heterocycles. The number of unbranched alkanes of at least 4 members (excludes halogenated alkanes) is 3. The Morgan fingerprint density at radius 3 is 2.67 bits per heavy atom. The maximum absolute atomic E-state index is 3.43. The molecular formula is C20H33N. The van der Waals surface area contributed by atoms with Gasteiger partial charge in [0.05, 0.1) is 0 Å². The van der Waals surface area contributed by atoms with E-state index in [-0.39, 0.29) is 0 Å². The number of allylic oxidation sites excluding steroid dienone is 4. The summed E-state index contributed by atoms with van der Waals surface area (Å²) < 4.78 is 0. The molecule has 21 heavy (non-hydrogen) atoms. The van der Waals surface area contributed by atoms with Crippen LogP contribution in [0.1, 0.15) is 72.1 Å². The van der Waals surface area contributed by atoms with Crippen LogP contribution in [0.3, 0.4) is 0 Å². The molecule has 0 aromatic carbocycles. The zero-order chi connectivity index (χ0) is 15.1. The molecule has 1 N–H and O–H groups in total. The fourth-order valence-corrected chi connectivity index (χ4v) is 3.85. The Hall–Kier alpha value is -0.980. The van der Waals surface area contributed by atoms with E-state index in [1.165, 1.54) is 62.5 Å². The summed E-state index contributed by atoms with van der Waals surface area (Å²) in [6, 6.07) is 0. The highest BCUT2D eigenvalue weighted by Crippen LogP contribution is 2.38. The van der Waals surface area contributed by atoms with Gasteiger partial charge in [-0.15, -0.1) is 0 Å². The molecule has 0 aromatic rings. The first-order valence-corrected chi connectivity index (χ1v) is 9.04. The monoisotopic (exact) mass is 287 g/mol. The quantitative estimate of drug-likeness (QED) is 0.595. The summed E-state index contributed by atoms with van der Waals surface area (Å²) >= 11 is 0. The Kier molecular flexibility index (Phi) is 6.60. The first-order chi connectivity index (χ1) is 10.2. The van der Waals surface area contributed by atoms with Crippen LogP contribution in [0.25, 0.3) is 0 Å². The van der Waals surface area contributed by atoms with Crippen LogP contribution in [0.15, 0.2) is 35.7 Å². The molecule has 0 aromatic heterocycles. The topological polar surface area (TPSA) is 12.0 Å². The van der Waals surface area contributed by atoms with Gasteiger partial charge in [-0.05, 0) is 54.6 Å². The van der Waals surface area contributed by atoms with E-state index in [4.69, 9.17) is 0 Å². The molecule has 0 radical (unpaired) electrons. The van der Waals surface area contributed by atoms with Gasteiger partial charge >= 0.3 is 0 Å². The highest BCUT2D eigenvalue weighted by Gasteiger charge is 2.27. The second-order valence-corrected chi connectivity index (χ2v) is 7.18. The Bertz CT molecular complexity index is 402. The summed E-state index contributed by atoms with van der Waals surface area (Å²) in [5.74, 6) is 2.47. The van der Waals surface area contributed by atoms with Gasteiger partial charge in [0.2, 0.25) is 0 Å². The van der Waals surface area contributed by atoms with E-state index in [9.17, 15) is 0 Å². The summed E-state index contributed by atoms with van der Waals surface area (Å²) in [6.07, 6.45) is 19.9. The highest BCUT2D eigenvalue weighted by atomic mass is 14.8. The van der Waals surface area contributed by atoms with Gasteiger partial charge in [-0.3, -0.25) is 0 Å². The lowest BCUT2D eigenvalue weighted by Crippen LogP contribution is -2.23. The summed E-state index contributed by atoms with van der Waals surface area (Å²) in [5, 5.41) is 3.43. The van der Waals surface area contributed by atoms with E-state index in [1.54, 1.807) is 0 Å². The van der Waals surface area contributed by atoms with Crippen molar-refractivity contribution in [2.24, 2.45) is 17.8 Å². The van der Waals surface area contributed by atoms with Gasteiger partial charge in [0.15, 0.2) is 0 Å². The van der Waals surface area contributed by atoms with Crippen LogP contribution in [-0.4, -0.2) is 0 Å². The maximum atomic E-state index is 3.43. The molecule has 1 fully saturated rings. The average molecular weight is 287 g/mol. The number of rotatable bonds is 6. The maximum Gasteiger partial charge on any atom is 0.00398 e. The molecule has 1 nitrogen and oxygen atoms in total. The van der Waals surface area contributed by atoms with Crippen LogP contribution in [-0.2, 0) is 0 Å².